The van der Waals surface area contributed by atoms with E-state index in [1.54, 1.807) is 0 Å². The van der Waals surface area contributed by atoms with Gasteiger partial charge in [-0.1, -0.05) is 68.2 Å². The van der Waals surface area contributed by atoms with Gasteiger partial charge in [0, 0.05) is 0 Å². The summed E-state index contributed by atoms with van der Waals surface area (Å²) < 4.78 is 0. The van der Waals surface area contributed by atoms with E-state index in [0.29, 0.717) is 10.8 Å². The lowest BCUT2D eigenvalue weighted by Crippen LogP contribution is -2.24. The van der Waals surface area contributed by atoms with Gasteiger partial charge in [-0.05, 0) is 35.5 Å². The smallest absolute Gasteiger partial charge is 0.0354 e. The molecule has 0 saturated heterocycles. The van der Waals surface area contributed by atoms with Gasteiger partial charge in [0.05, 0.1) is 0 Å². The van der Waals surface area contributed by atoms with Gasteiger partial charge in [0.1, 0.15) is 0 Å². The normalized spacial score (nSPS) is 17.2. The van der Waals surface area contributed by atoms with Gasteiger partial charge < -0.3 is 0 Å². The van der Waals surface area contributed by atoms with Crippen molar-refractivity contribution in [1.82, 2.24) is 0 Å². The summed E-state index contributed by atoms with van der Waals surface area (Å²) in [5.41, 5.74) is 0.954. The average Bonchev–Trinajstić information content (AvgIpc) is 2.08. The molecule has 2 atom stereocenters. The molecule has 0 aliphatic rings. The van der Waals surface area contributed by atoms with Crippen LogP contribution in [0.25, 0.3) is 0 Å². The van der Waals surface area contributed by atoms with Crippen LogP contribution in [-0.4, -0.2) is 0 Å². The molecule has 0 spiro atoms. The Kier molecular flexibility index (Phi) is 6.07. The number of rotatable bonds is 5. The first-order valence-corrected chi connectivity index (χ1v) is 7.12. The van der Waals surface area contributed by atoms with E-state index >= 15 is 0 Å². The van der Waals surface area contributed by atoms with Crippen LogP contribution >= 0.6 is 0 Å². The third kappa shape index (κ3) is 5.37. The first-order chi connectivity index (χ1) is 7.12. The maximum Gasteiger partial charge on any atom is -0.0354 e. The molecule has 0 aliphatic heterocycles. The number of hydrogen-bond donors (Lipinski definition) is 0. The molecule has 0 heteroatoms. The third-order valence-electron chi connectivity index (χ3n) is 4.30. The highest BCUT2D eigenvalue weighted by Gasteiger charge is 2.27. The zero-order valence-corrected chi connectivity index (χ0v) is 13.0. The summed E-state index contributed by atoms with van der Waals surface area (Å²) in [6.07, 6.45) is 5.44. The van der Waals surface area contributed by atoms with Gasteiger partial charge in [-0.3, -0.25) is 0 Å². The van der Waals surface area contributed by atoms with Crippen molar-refractivity contribution < 1.29 is 0 Å². The van der Waals surface area contributed by atoms with Crippen LogP contribution in [-0.2, 0) is 0 Å². The van der Waals surface area contributed by atoms with Gasteiger partial charge in [0.25, 0.3) is 0 Å². The second-order valence-corrected chi connectivity index (χ2v) is 7.52. The summed E-state index contributed by atoms with van der Waals surface area (Å²) in [5.74, 6) is 1.76. The highest BCUT2D eigenvalue weighted by Crippen LogP contribution is 2.38. The molecule has 98 valence electrons. The summed E-state index contributed by atoms with van der Waals surface area (Å²) in [6, 6.07) is 0. The van der Waals surface area contributed by atoms with Crippen molar-refractivity contribution in [3.8, 4) is 0 Å². The number of hydrogen-bond acceptors (Lipinski definition) is 0. The summed E-state index contributed by atoms with van der Waals surface area (Å²) in [6.45, 7) is 19.0. The van der Waals surface area contributed by atoms with Gasteiger partial charge in [0.2, 0.25) is 0 Å². The first-order valence-electron chi connectivity index (χ1n) is 7.12. The molecule has 0 aliphatic carbocycles. The minimum Gasteiger partial charge on any atom is -0.0651 e. The minimum atomic E-state index is 0.477. The van der Waals surface area contributed by atoms with E-state index in [9.17, 15) is 0 Å². The zero-order chi connectivity index (χ0) is 13.0. The molecule has 0 aromatic carbocycles. The highest BCUT2D eigenvalue weighted by molar-refractivity contribution is 4.78. The second kappa shape index (κ2) is 6.07. The van der Waals surface area contributed by atoms with Crippen LogP contribution in [0.15, 0.2) is 0 Å². The molecule has 0 nitrogen and oxygen atoms in total. The lowest BCUT2D eigenvalue weighted by atomic mass is 9.71. The van der Waals surface area contributed by atoms with Crippen molar-refractivity contribution in [3.05, 3.63) is 0 Å². The molecule has 0 bridgehead atoms. The van der Waals surface area contributed by atoms with Gasteiger partial charge >= 0.3 is 0 Å². The van der Waals surface area contributed by atoms with Gasteiger partial charge in [-0.15, -0.1) is 0 Å². The largest absolute Gasteiger partial charge is 0.0651 e. The monoisotopic (exact) mass is 226 g/mol. The quantitative estimate of drug-likeness (QED) is 0.546. The Labute approximate surface area is 104 Å². The Morgan fingerprint density at radius 1 is 0.625 bits per heavy atom. The molecule has 0 aromatic heterocycles. The fraction of sp³-hybridized carbons (Fsp3) is 1.00. The van der Waals surface area contributed by atoms with Crippen molar-refractivity contribution in [2.75, 3.05) is 0 Å². The van der Waals surface area contributed by atoms with E-state index < -0.39 is 0 Å². The maximum absolute atomic E-state index is 2.39. The molecule has 0 aromatic rings. The summed E-state index contributed by atoms with van der Waals surface area (Å²) >= 11 is 0. The molecule has 16 heavy (non-hydrogen) atoms. The lowest BCUT2D eigenvalue weighted by molar-refractivity contribution is 0.161. The molecule has 0 amide bonds. The van der Waals surface area contributed by atoms with Crippen LogP contribution in [0.1, 0.15) is 81.1 Å². The van der Waals surface area contributed by atoms with E-state index in [-0.39, 0.29) is 0 Å². The van der Waals surface area contributed by atoms with Crippen molar-refractivity contribution >= 4 is 0 Å². The molecule has 0 saturated carbocycles. The molecule has 0 rings (SSSR count). The van der Waals surface area contributed by atoms with E-state index in [0.717, 1.165) is 11.8 Å². The molecule has 0 fully saturated rings. The van der Waals surface area contributed by atoms with E-state index in [2.05, 4.69) is 55.4 Å². The molecular formula is C16H34. The van der Waals surface area contributed by atoms with Crippen LogP contribution in [0.2, 0.25) is 0 Å². The molecule has 0 heterocycles. The zero-order valence-electron chi connectivity index (χ0n) is 13.0. The van der Waals surface area contributed by atoms with Crippen LogP contribution in [0.5, 0.6) is 0 Å². The Bertz CT molecular complexity index is 155. The topological polar surface area (TPSA) is 0 Å². The van der Waals surface area contributed by atoms with Crippen LogP contribution in [0.4, 0.5) is 0 Å². The van der Waals surface area contributed by atoms with Crippen molar-refractivity contribution in [1.29, 1.82) is 0 Å². The first kappa shape index (κ1) is 16.0. The van der Waals surface area contributed by atoms with Gasteiger partial charge in [-0.25, -0.2) is 0 Å². The molecular weight excluding hydrogens is 192 g/mol. The van der Waals surface area contributed by atoms with Crippen LogP contribution < -0.4 is 0 Å². The second-order valence-electron chi connectivity index (χ2n) is 7.52. The fourth-order valence-electron chi connectivity index (χ4n) is 2.90. The Hall–Kier alpha value is 0. The SMILES string of the molecule is CCC(CCC(CC)C(C)(C)C)C(C)(C)C. The fourth-order valence-corrected chi connectivity index (χ4v) is 2.90. The summed E-state index contributed by atoms with van der Waals surface area (Å²) in [7, 11) is 0. The van der Waals surface area contributed by atoms with E-state index in [4.69, 9.17) is 0 Å². The predicted octanol–water partition coefficient (Wildman–Crippen LogP) is 5.91. The standard InChI is InChI=1S/C16H34/c1-9-13(15(3,4)5)11-12-14(10-2)16(6,7)8/h13-14H,9-12H2,1-8H3. The minimum absolute atomic E-state index is 0.477. The summed E-state index contributed by atoms with van der Waals surface area (Å²) in [5, 5.41) is 0. The Balaban J connectivity index is 4.30. The lowest BCUT2D eigenvalue weighted by Gasteiger charge is -2.35. The van der Waals surface area contributed by atoms with Crippen molar-refractivity contribution in [2.24, 2.45) is 22.7 Å². The van der Waals surface area contributed by atoms with Gasteiger partial charge in [-0.2, -0.15) is 0 Å². The predicted molar refractivity (Wildman–Crippen MR) is 75.7 cm³/mol. The van der Waals surface area contributed by atoms with Gasteiger partial charge in [0.15, 0.2) is 0 Å². The average molecular weight is 226 g/mol. The molecule has 2 unspecified atom stereocenters. The third-order valence-corrected chi connectivity index (χ3v) is 4.30. The molecule has 0 N–H and O–H groups in total. The van der Waals surface area contributed by atoms with Crippen LogP contribution in [0, 0.1) is 22.7 Å². The molecule has 0 radical (unpaired) electrons. The Morgan fingerprint density at radius 3 is 1.00 bits per heavy atom. The van der Waals surface area contributed by atoms with Crippen molar-refractivity contribution in [2.45, 2.75) is 81.1 Å². The summed E-state index contributed by atoms with van der Waals surface area (Å²) in [4.78, 5) is 0. The van der Waals surface area contributed by atoms with Crippen LogP contribution in [0.3, 0.4) is 0 Å². The van der Waals surface area contributed by atoms with E-state index in [1.807, 2.05) is 0 Å². The Morgan fingerprint density at radius 2 is 0.875 bits per heavy atom. The van der Waals surface area contributed by atoms with E-state index in [1.165, 1.54) is 25.7 Å². The highest BCUT2D eigenvalue weighted by atomic mass is 14.3. The maximum atomic E-state index is 2.39. The van der Waals surface area contributed by atoms with Crippen molar-refractivity contribution in [3.63, 3.8) is 0 Å².